The fourth-order valence-corrected chi connectivity index (χ4v) is 4.31. The maximum absolute atomic E-state index is 13.5. The Labute approximate surface area is 211 Å². The van der Waals surface area contributed by atoms with Crippen LogP contribution in [0.25, 0.3) is 0 Å². The lowest BCUT2D eigenvalue weighted by molar-refractivity contribution is -0.142. The van der Waals surface area contributed by atoms with Gasteiger partial charge in [0.05, 0.1) is 0 Å². The van der Waals surface area contributed by atoms with Gasteiger partial charge in [0.15, 0.2) is 11.5 Å². The molecule has 1 atom stereocenters. The molecule has 0 aromatic heterocycles. The lowest BCUT2D eigenvalue weighted by Crippen LogP contribution is -2.53. The number of carbonyl (C=O) groups is 2. The molecule has 1 heterocycles. The first kappa shape index (κ1) is 26.2. The van der Waals surface area contributed by atoms with Gasteiger partial charge in [0.2, 0.25) is 11.8 Å². The molecule has 0 saturated carbocycles. The maximum Gasteiger partial charge on any atom is 0.243 e. The average molecular weight is 507 g/mol. The van der Waals surface area contributed by atoms with Crippen LogP contribution in [-0.4, -0.2) is 41.5 Å². The molecule has 8 heteroatoms. The zero-order chi connectivity index (χ0) is 24.9. The summed E-state index contributed by atoms with van der Waals surface area (Å²) < 4.78 is 11.2. The van der Waals surface area contributed by atoms with E-state index in [1.165, 1.54) is 0 Å². The highest BCUT2D eigenvalue weighted by atomic mass is 35.5. The molecule has 0 aliphatic carbocycles. The van der Waals surface area contributed by atoms with Gasteiger partial charge in [0.1, 0.15) is 19.3 Å². The first-order valence-electron chi connectivity index (χ1n) is 11.5. The third kappa shape index (κ3) is 7.03. The Hall–Kier alpha value is -2.44. The topological polar surface area (TPSA) is 67.9 Å². The van der Waals surface area contributed by atoms with E-state index in [0.29, 0.717) is 47.6 Å². The monoisotopic (exact) mass is 506 g/mol. The molecule has 2 aromatic rings. The second-order valence-electron chi connectivity index (χ2n) is 9.40. The minimum atomic E-state index is -0.626. The van der Waals surface area contributed by atoms with Crippen molar-refractivity contribution in [1.82, 2.24) is 10.2 Å². The summed E-state index contributed by atoms with van der Waals surface area (Å²) in [7, 11) is 0. The van der Waals surface area contributed by atoms with Gasteiger partial charge in [-0.3, -0.25) is 9.59 Å². The number of aryl methyl sites for hydroxylation is 1. The predicted molar refractivity (Wildman–Crippen MR) is 135 cm³/mol. The SMILES string of the molecule is CCC(C(=O)NC(C)(C)C)N(Cc1ccc(Cl)cc1Cl)C(=O)CCc1ccc2c(c1)OCCO2. The fraction of sp³-hybridized carbons (Fsp3) is 0.462. The molecule has 0 bridgehead atoms. The number of nitrogens with one attached hydrogen (secondary N) is 1. The second kappa shape index (κ2) is 11.3. The van der Waals surface area contributed by atoms with Crippen LogP contribution in [0.5, 0.6) is 11.5 Å². The number of ether oxygens (including phenoxy) is 2. The summed E-state index contributed by atoms with van der Waals surface area (Å²) >= 11 is 12.5. The van der Waals surface area contributed by atoms with Crippen LogP contribution in [0.1, 0.15) is 51.7 Å². The largest absolute Gasteiger partial charge is 0.486 e. The first-order valence-corrected chi connectivity index (χ1v) is 12.3. The zero-order valence-corrected chi connectivity index (χ0v) is 21.6. The summed E-state index contributed by atoms with van der Waals surface area (Å²) in [6.07, 6.45) is 1.23. The highest BCUT2D eigenvalue weighted by Crippen LogP contribution is 2.31. The number of rotatable bonds is 8. The molecule has 0 saturated heterocycles. The van der Waals surface area contributed by atoms with Crippen LogP contribution in [-0.2, 0) is 22.6 Å². The Bertz CT molecular complexity index is 1040. The molecule has 34 heavy (non-hydrogen) atoms. The molecule has 2 amide bonds. The van der Waals surface area contributed by atoms with Crippen molar-refractivity contribution in [2.75, 3.05) is 13.2 Å². The van der Waals surface area contributed by atoms with Gasteiger partial charge in [-0.25, -0.2) is 0 Å². The highest BCUT2D eigenvalue weighted by molar-refractivity contribution is 6.35. The van der Waals surface area contributed by atoms with Crippen molar-refractivity contribution in [3.8, 4) is 11.5 Å². The van der Waals surface area contributed by atoms with Crippen LogP contribution in [0.4, 0.5) is 0 Å². The Balaban J connectivity index is 1.80. The van der Waals surface area contributed by atoms with Crippen molar-refractivity contribution in [3.05, 3.63) is 57.6 Å². The molecule has 0 radical (unpaired) electrons. The van der Waals surface area contributed by atoms with Crippen LogP contribution in [0.15, 0.2) is 36.4 Å². The van der Waals surface area contributed by atoms with Crippen LogP contribution in [0, 0.1) is 0 Å². The number of hydrogen-bond acceptors (Lipinski definition) is 4. The zero-order valence-electron chi connectivity index (χ0n) is 20.1. The molecule has 1 unspecified atom stereocenters. The second-order valence-corrected chi connectivity index (χ2v) is 10.2. The molecule has 6 nitrogen and oxygen atoms in total. The third-order valence-corrected chi connectivity index (χ3v) is 6.06. The molecule has 3 rings (SSSR count). The summed E-state index contributed by atoms with van der Waals surface area (Å²) in [4.78, 5) is 28.2. The molecule has 1 aliphatic heterocycles. The van der Waals surface area contributed by atoms with Crippen molar-refractivity contribution in [1.29, 1.82) is 0 Å². The smallest absolute Gasteiger partial charge is 0.243 e. The Morgan fingerprint density at radius 3 is 2.41 bits per heavy atom. The summed E-state index contributed by atoms with van der Waals surface area (Å²) in [5.41, 5.74) is 1.29. The van der Waals surface area contributed by atoms with Gasteiger partial charge in [-0.2, -0.15) is 0 Å². The minimum absolute atomic E-state index is 0.128. The van der Waals surface area contributed by atoms with Crippen LogP contribution in [0.3, 0.4) is 0 Å². The third-order valence-electron chi connectivity index (χ3n) is 5.47. The van der Waals surface area contributed by atoms with Gasteiger partial charge in [0.25, 0.3) is 0 Å². The normalized spacial score (nSPS) is 13.8. The van der Waals surface area contributed by atoms with E-state index in [9.17, 15) is 9.59 Å². The van der Waals surface area contributed by atoms with Crippen LogP contribution < -0.4 is 14.8 Å². The van der Waals surface area contributed by atoms with E-state index < -0.39 is 11.6 Å². The summed E-state index contributed by atoms with van der Waals surface area (Å²) in [6.45, 7) is 8.91. The minimum Gasteiger partial charge on any atom is -0.486 e. The number of benzene rings is 2. The lowest BCUT2D eigenvalue weighted by Gasteiger charge is -2.33. The van der Waals surface area contributed by atoms with Gasteiger partial charge in [-0.15, -0.1) is 0 Å². The molecule has 1 N–H and O–H groups in total. The van der Waals surface area contributed by atoms with Gasteiger partial charge >= 0.3 is 0 Å². The molecular formula is C26H32Cl2N2O4. The maximum atomic E-state index is 13.5. The average Bonchev–Trinajstić information content (AvgIpc) is 2.77. The van der Waals surface area contributed by atoms with E-state index in [-0.39, 0.29) is 24.8 Å². The van der Waals surface area contributed by atoms with Gasteiger partial charge < -0.3 is 19.7 Å². The van der Waals surface area contributed by atoms with Crippen LogP contribution in [0.2, 0.25) is 10.0 Å². The number of nitrogens with zero attached hydrogens (tertiary/aromatic N) is 1. The van der Waals surface area contributed by atoms with E-state index in [4.69, 9.17) is 32.7 Å². The molecule has 1 aliphatic rings. The van der Waals surface area contributed by atoms with Crippen LogP contribution >= 0.6 is 23.2 Å². The number of hydrogen-bond donors (Lipinski definition) is 1. The van der Waals surface area contributed by atoms with E-state index in [1.54, 1.807) is 23.1 Å². The Morgan fingerprint density at radius 1 is 1.06 bits per heavy atom. The molecular weight excluding hydrogens is 475 g/mol. The standard InChI is InChI=1S/C26H32Cl2N2O4/c1-5-21(25(32)29-26(2,3)4)30(16-18-8-9-19(27)15-20(18)28)24(31)11-7-17-6-10-22-23(14-17)34-13-12-33-22/h6,8-10,14-15,21H,5,7,11-13,16H2,1-4H3,(H,29,32). The van der Waals surface area contributed by atoms with Crippen molar-refractivity contribution in [2.45, 2.75) is 65.1 Å². The van der Waals surface area contributed by atoms with E-state index in [0.717, 1.165) is 11.1 Å². The van der Waals surface area contributed by atoms with E-state index in [1.807, 2.05) is 45.9 Å². The predicted octanol–water partition coefficient (Wildman–Crippen LogP) is 5.42. The van der Waals surface area contributed by atoms with Crippen molar-refractivity contribution in [2.24, 2.45) is 0 Å². The molecule has 0 spiro atoms. The van der Waals surface area contributed by atoms with E-state index in [2.05, 4.69) is 5.32 Å². The van der Waals surface area contributed by atoms with Gasteiger partial charge in [0, 0.05) is 28.5 Å². The van der Waals surface area contributed by atoms with Crippen molar-refractivity contribution in [3.63, 3.8) is 0 Å². The Kier molecular flexibility index (Phi) is 8.72. The van der Waals surface area contributed by atoms with E-state index >= 15 is 0 Å². The number of carbonyl (C=O) groups excluding carboxylic acids is 2. The highest BCUT2D eigenvalue weighted by Gasteiger charge is 2.31. The van der Waals surface area contributed by atoms with Gasteiger partial charge in [-0.05, 0) is 69.0 Å². The summed E-state index contributed by atoms with van der Waals surface area (Å²) in [5, 5.41) is 3.98. The molecule has 2 aromatic carbocycles. The number of fused-ring (bicyclic) bond motifs is 1. The Morgan fingerprint density at radius 2 is 1.76 bits per heavy atom. The lowest BCUT2D eigenvalue weighted by atomic mass is 10.0. The van der Waals surface area contributed by atoms with Crippen molar-refractivity contribution >= 4 is 35.0 Å². The first-order chi connectivity index (χ1) is 16.1. The summed E-state index contributed by atoms with van der Waals surface area (Å²) in [6, 6.07) is 10.3. The quantitative estimate of drug-likeness (QED) is 0.518. The number of amides is 2. The summed E-state index contributed by atoms with van der Waals surface area (Å²) in [5.74, 6) is 1.09. The van der Waals surface area contributed by atoms with Crippen molar-refractivity contribution < 1.29 is 19.1 Å². The fourth-order valence-electron chi connectivity index (χ4n) is 3.84. The van der Waals surface area contributed by atoms with Gasteiger partial charge in [-0.1, -0.05) is 42.3 Å². The number of halogens is 2. The molecule has 184 valence electrons. The molecule has 0 fully saturated rings.